The molecule has 0 fully saturated rings. The van der Waals surface area contributed by atoms with Crippen molar-refractivity contribution in [3.05, 3.63) is 52.6 Å². The highest BCUT2D eigenvalue weighted by Crippen LogP contribution is 2.28. The summed E-state index contributed by atoms with van der Waals surface area (Å²) in [5.74, 6) is -0.441. The molecule has 0 amide bonds. The van der Waals surface area contributed by atoms with Crippen LogP contribution in [0.3, 0.4) is 0 Å². The molecule has 1 aromatic heterocycles. The normalized spacial score (nSPS) is 13.9. The summed E-state index contributed by atoms with van der Waals surface area (Å²) in [4.78, 5) is 17.9. The number of imidazole rings is 1. The molecule has 0 spiro atoms. The van der Waals surface area contributed by atoms with Crippen LogP contribution in [0.4, 0.5) is 0 Å². The molecule has 0 radical (unpaired) electrons. The van der Waals surface area contributed by atoms with Crippen molar-refractivity contribution in [2.45, 2.75) is 24.5 Å². The molecule has 0 aliphatic carbocycles. The van der Waals surface area contributed by atoms with E-state index in [4.69, 9.17) is 16.7 Å². The maximum Gasteiger partial charge on any atom is 0.353 e. The first-order chi connectivity index (χ1) is 9.49. The molecule has 0 bridgehead atoms. The molecule has 2 unspecified atom stereocenters. The number of hydrogen-bond donors (Lipinski definition) is 3. The first-order valence-corrected chi connectivity index (χ1v) is 7.08. The van der Waals surface area contributed by atoms with E-state index in [-0.39, 0.29) is 16.9 Å². The minimum absolute atomic E-state index is 0.0130. The fraction of sp³-hybridized carbons (Fsp3) is 0.286. The van der Waals surface area contributed by atoms with Crippen molar-refractivity contribution in [2.24, 2.45) is 0 Å². The Hall–Kier alpha value is -1.46. The number of benzene rings is 1. The van der Waals surface area contributed by atoms with Gasteiger partial charge in [0.05, 0.1) is 6.20 Å². The number of carbonyl (C=O) groups is 1. The lowest BCUT2D eigenvalue weighted by atomic mass is 9.96. The van der Waals surface area contributed by atoms with Crippen LogP contribution in [0, 0.1) is 0 Å². The quantitative estimate of drug-likeness (QED) is 0.741. The van der Waals surface area contributed by atoms with Gasteiger partial charge in [0.25, 0.3) is 0 Å². The number of H-pyrrole nitrogens is 1. The number of carboxylic acid groups (broad SMARTS) is 1. The summed E-state index contributed by atoms with van der Waals surface area (Å²) in [5.41, 5.74) is 1.08. The van der Waals surface area contributed by atoms with Crippen LogP contribution < -0.4 is 0 Å². The van der Waals surface area contributed by atoms with E-state index in [2.05, 4.69) is 22.6 Å². The number of rotatable bonds is 5. The zero-order valence-corrected chi connectivity index (χ0v) is 12.5. The van der Waals surface area contributed by atoms with Crippen LogP contribution in [0.1, 0.15) is 34.7 Å². The van der Waals surface area contributed by atoms with Gasteiger partial charge in [-0.05, 0) is 18.1 Å². The van der Waals surface area contributed by atoms with Crippen LogP contribution in [0.5, 0.6) is 0 Å². The highest BCUT2D eigenvalue weighted by atomic mass is 35.5. The predicted molar refractivity (Wildman–Crippen MR) is 81.9 cm³/mol. The second-order valence-electron chi connectivity index (χ2n) is 4.63. The minimum atomic E-state index is -1.02. The van der Waals surface area contributed by atoms with Crippen molar-refractivity contribution in [1.82, 2.24) is 9.97 Å². The highest BCUT2D eigenvalue weighted by Gasteiger charge is 2.22. The molecule has 2 rings (SSSR count). The Morgan fingerprint density at radius 3 is 2.75 bits per heavy atom. The number of hydrogen-bond acceptors (Lipinski definition) is 3. The first kappa shape index (κ1) is 14.9. The van der Waals surface area contributed by atoms with Gasteiger partial charge in [0.2, 0.25) is 0 Å². The highest BCUT2D eigenvalue weighted by molar-refractivity contribution is 7.81. The van der Waals surface area contributed by atoms with Gasteiger partial charge in [0.15, 0.2) is 0 Å². The van der Waals surface area contributed by atoms with Gasteiger partial charge in [-0.3, -0.25) is 0 Å². The molecule has 1 heterocycles. The van der Waals surface area contributed by atoms with E-state index in [0.29, 0.717) is 17.3 Å². The second kappa shape index (κ2) is 6.33. The molecule has 0 aliphatic rings. The molecular weight excluding hydrogens is 296 g/mol. The Labute approximate surface area is 127 Å². The van der Waals surface area contributed by atoms with Crippen molar-refractivity contribution >= 4 is 30.2 Å². The lowest BCUT2D eigenvalue weighted by Crippen LogP contribution is -2.15. The number of thiol groups is 1. The first-order valence-electron chi connectivity index (χ1n) is 6.18. The molecular formula is C14H15ClN2O2S. The average molecular weight is 311 g/mol. The molecule has 0 saturated carbocycles. The molecule has 2 atom stereocenters. The summed E-state index contributed by atoms with van der Waals surface area (Å²) in [6.45, 7) is 1.95. The lowest BCUT2D eigenvalue weighted by Gasteiger charge is -2.18. The van der Waals surface area contributed by atoms with Gasteiger partial charge in [0, 0.05) is 16.2 Å². The van der Waals surface area contributed by atoms with E-state index < -0.39 is 5.97 Å². The summed E-state index contributed by atoms with van der Waals surface area (Å²) in [6, 6.07) is 7.58. The summed E-state index contributed by atoms with van der Waals surface area (Å²) in [7, 11) is 0. The van der Waals surface area contributed by atoms with Gasteiger partial charge in [0.1, 0.15) is 11.5 Å². The standard InChI is InChI=1S/C14H15ClN2O2S/c1-8(20)10(6-9-4-2-3-5-11(9)15)13-16-7-12(17-13)14(18)19/h2-5,7-8,10,20H,6H2,1H3,(H,16,17)(H,18,19). The number of halogens is 1. The zero-order valence-electron chi connectivity index (χ0n) is 10.9. The monoisotopic (exact) mass is 310 g/mol. The molecule has 1 aromatic carbocycles. The Bertz CT molecular complexity index is 613. The van der Waals surface area contributed by atoms with Crippen molar-refractivity contribution in [3.8, 4) is 0 Å². The second-order valence-corrected chi connectivity index (χ2v) is 5.85. The Balaban J connectivity index is 2.27. The number of aromatic amines is 1. The number of aromatic nitrogens is 2. The predicted octanol–water partition coefficient (Wildman–Crippen LogP) is 3.41. The van der Waals surface area contributed by atoms with Gasteiger partial charge >= 0.3 is 5.97 Å². The van der Waals surface area contributed by atoms with E-state index >= 15 is 0 Å². The van der Waals surface area contributed by atoms with Crippen LogP contribution in [-0.2, 0) is 6.42 Å². The molecule has 4 nitrogen and oxygen atoms in total. The van der Waals surface area contributed by atoms with E-state index in [1.54, 1.807) is 0 Å². The fourth-order valence-electron chi connectivity index (χ4n) is 2.03. The van der Waals surface area contributed by atoms with Crippen LogP contribution in [0.2, 0.25) is 5.02 Å². The van der Waals surface area contributed by atoms with Crippen LogP contribution >= 0.6 is 24.2 Å². The van der Waals surface area contributed by atoms with Gasteiger partial charge in [-0.15, -0.1) is 0 Å². The summed E-state index contributed by atoms with van der Waals surface area (Å²) >= 11 is 10.6. The van der Waals surface area contributed by atoms with Gasteiger partial charge in [-0.1, -0.05) is 36.7 Å². The largest absolute Gasteiger partial charge is 0.477 e. The number of nitrogens with one attached hydrogen (secondary N) is 1. The third kappa shape index (κ3) is 3.35. The Morgan fingerprint density at radius 2 is 2.20 bits per heavy atom. The number of carboxylic acids is 1. The van der Waals surface area contributed by atoms with Crippen molar-refractivity contribution < 1.29 is 9.90 Å². The molecule has 6 heteroatoms. The third-order valence-corrected chi connectivity index (χ3v) is 3.89. The smallest absolute Gasteiger partial charge is 0.353 e. The molecule has 20 heavy (non-hydrogen) atoms. The molecule has 2 aromatic rings. The summed E-state index contributed by atoms with van der Waals surface area (Å²) in [6.07, 6.45) is 1.98. The van der Waals surface area contributed by atoms with Crippen LogP contribution in [-0.4, -0.2) is 26.3 Å². The van der Waals surface area contributed by atoms with E-state index in [9.17, 15) is 4.79 Å². The fourth-order valence-corrected chi connectivity index (χ4v) is 2.49. The van der Waals surface area contributed by atoms with Crippen molar-refractivity contribution in [2.75, 3.05) is 0 Å². The molecule has 0 saturated heterocycles. The SMILES string of the molecule is CC(S)C(Cc1ccccc1Cl)c1ncc(C(=O)O)[nH]1. The van der Waals surface area contributed by atoms with Gasteiger partial charge in [-0.2, -0.15) is 12.6 Å². The van der Waals surface area contributed by atoms with Crippen molar-refractivity contribution in [3.63, 3.8) is 0 Å². The third-order valence-electron chi connectivity index (χ3n) is 3.16. The zero-order chi connectivity index (χ0) is 14.7. The topological polar surface area (TPSA) is 66.0 Å². The van der Waals surface area contributed by atoms with E-state index in [1.165, 1.54) is 6.20 Å². The average Bonchev–Trinajstić information content (AvgIpc) is 2.87. The Kier molecular flexibility index (Phi) is 4.73. The van der Waals surface area contributed by atoms with Crippen LogP contribution in [0.25, 0.3) is 0 Å². The lowest BCUT2D eigenvalue weighted by molar-refractivity contribution is 0.0691. The van der Waals surface area contributed by atoms with Crippen molar-refractivity contribution in [1.29, 1.82) is 0 Å². The summed E-state index contributed by atoms with van der Waals surface area (Å²) in [5, 5.41) is 9.65. The van der Waals surface area contributed by atoms with E-state index in [0.717, 1.165) is 5.56 Å². The number of aromatic carboxylic acids is 1. The maximum absolute atomic E-state index is 10.9. The van der Waals surface area contributed by atoms with E-state index in [1.807, 2.05) is 31.2 Å². The summed E-state index contributed by atoms with van der Waals surface area (Å²) < 4.78 is 0. The van der Waals surface area contributed by atoms with Gasteiger partial charge in [-0.25, -0.2) is 9.78 Å². The van der Waals surface area contributed by atoms with Gasteiger partial charge < -0.3 is 10.1 Å². The molecule has 106 valence electrons. The molecule has 0 aliphatic heterocycles. The Morgan fingerprint density at radius 1 is 1.50 bits per heavy atom. The van der Waals surface area contributed by atoms with Crippen LogP contribution in [0.15, 0.2) is 30.5 Å². The number of nitrogens with zero attached hydrogens (tertiary/aromatic N) is 1. The maximum atomic E-state index is 10.9. The minimum Gasteiger partial charge on any atom is -0.477 e. The molecule has 2 N–H and O–H groups in total.